The molecule has 0 amide bonds. The molecule has 1 saturated heterocycles. The summed E-state index contributed by atoms with van der Waals surface area (Å²) >= 11 is 0. The fraction of sp³-hybridized carbons (Fsp3) is 0.600. The van der Waals surface area contributed by atoms with Crippen molar-refractivity contribution in [2.24, 2.45) is 0 Å². The Morgan fingerprint density at radius 3 is 2.70 bits per heavy atom. The summed E-state index contributed by atoms with van der Waals surface area (Å²) in [6.07, 6.45) is -0.390. The molecule has 2 fully saturated rings. The Kier molecular flexibility index (Phi) is 3.79. The molecule has 1 aliphatic heterocycles. The highest BCUT2D eigenvalue weighted by Gasteiger charge is 2.53. The van der Waals surface area contributed by atoms with Crippen molar-refractivity contribution in [1.82, 2.24) is 5.48 Å². The fourth-order valence-corrected chi connectivity index (χ4v) is 2.88. The number of hydroxylamine groups is 1. The highest BCUT2D eigenvalue weighted by atomic mass is 16.8. The maximum Gasteiger partial charge on any atom is 0.163 e. The molecule has 4 atom stereocenters. The zero-order valence-electron chi connectivity index (χ0n) is 11.8. The lowest BCUT2D eigenvalue weighted by molar-refractivity contribution is -0.169. The van der Waals surface area contributed by atoms with Crippen LogP contribution in [-0.2, 0) is 20.9 Å². The Morgan fingerprint density at radius 2 is 1.95 bits per heavy atom. The van der Waals surface area contributed by atoms with Gasteiger partial charge in [0.25, 0.3) is 0 Å². The molecular weight excluding hydrogens is 258 g/mol. The van der Waals surface area contributed by atoms with Crippen molar-refractivity contribution in [2.45, 2.75) is 57.0 Å². The number of rotatable bonds is 4. The van der Waals surface area contributed by atoms with E-state index in [1.807, 2.05) is 44.2 Å². The molecule has 0 unspecified atom stereocenters. The summed E-state index contributed by atoms with van der Waals surface area (Å²) in [4.78, 5) is 5.53. The zero-order valence-corrected chi connectivity index (χ0v) is 11.8. The van der Waals surface area contributed by atoms with Crippen LogP contribution in [0.15, 0.2) is 30.3 Å². The van der Waals surface area contributed by atoms with Crippen molar-refractivity contribution in [3.63, 3.8) is 0 Å². The lowest BCUT2D eigenvalue weighted by atomic mass is 10.2. The maximum atomic E-state index is 10.0. The second kappa shape index (κ2) is 5.42. The zero-order chi connectivity index (χ0) is 14.2. The Balaban J connectivity index is 1.53. The van der Waals surface area contributed by atoms with Crippen molar-refractivity contribution in [3.05, 3.63) is 35.9 Å². The van der Waals surface area contributed by atoms with Gasteiger partial charge in [-0.2, -0.15) is 5.48 Å². The molecule has 0 aromatic heterocycles. The number of aliphatic hydroxyl groups is 1. The fourth-order valence-electron chi connectivity index (χ4n) is 2.88. The second-order valence-electron chi connectivity index (χ2n) is 5.87. The van der Waals surface area contributed by atoms with Gasteiger partial charge in [0.1, 0.15) is 12.2 Å². The van der Waals surface area contributed by atoms with Crippen molar-refractivity contribution in [1.29, 1.82) is 0 Å². The molecule has 1 saturated carbocycles. The summed E-state index contributed by atoms with van der Waals surface area (Å²) in [6, 6.07) is 9.88. The van der Waals surface area contributed by atoms with Crippen LogP contribution in [-0.4, -0.2) is 35.2 Å². The number of hydrogen-bond donors (Lipinski definition) is 2. The van der Waals surface area contributed by atoms with Crippen LogP contribution in [0, 0.1) is 0 Å². The lowest BCUT2D eigenvalue weighted by Crippen LogP contribution is -2.39. The smallest absolute Gasteiger partial charge is 0.163 e. The molecule has 0 radical (unpaired) electrons. The molecule has 2 N–H and O–H groups in total. The lowest BCUT2D eigenvalue weighted by Gasteiger charge is -2.22. The minimum atomic E-state index is -0.643. The number of benzene rings is 1. The average Bonchev–Trinajstić information content (AvgIpc) is 2.87. The maximum absolute atomic E-state index is 10.0. The highest BCUT2D eigenvalue weighted by molar-refractivity contribution is 5.13. The van der Waals surface area contributed by atoms with E-state index >= 15 is 0 Å². The van der Waals surface area contributed by atoms with Gasteiger partial charge in [-0.15, -0.1) is 0 Å². The molecule has 110 valence electrons. The number of aliphatic hydroxyl groups excluding tert-OH is 1. The molecule has 2 aliphatic rings. The number of nitrogens with one attached hydrogen (secondary N) is 1. The Morgan fingerprint density at radius 1 is 1.25 bits per heavy atom. The first-order chi connectivity index (χ1) is 9.55. The van der Waals surface area contributed by atoms with Gasteiger partial charge in [-0.1, -0.05) is 30.3 Å². The predicted octanol–water partition coefficient (Wildman–Crippen LogP) is 1.36. The minimum absolute atomic E-state index is 0.0551. The normalized spacial score (nSPS) is 35.1. The molecule has 1 aromatic rings. The van der Waals surface area contributed by atoms with Crippen LogP contribution in [0.5, 0.6) is 0 Å². The summed E-state index contributed by atoms with van der Waals surface area (Å²) in [5.41, 5.74) is 4.10. The molecule has 0 bridgehead atoms. The van der Waals surface area contributed by atoms with Gasteiger partial charge < -0.3 is 14.6 Å². The molecule has 3 rings (SSSR count). The molecule has 1 heterocycles. The summed E-state index contributed by atoms with van der Waals surface area (Å²) in [7, 11) is 0. The van der Waals surface area contributed by atoms with Gasteiger partial charge in [0.05, 0.1) is 18.8 Å². The Labute approximate surface area is 118 Å². The monoisotopic (exact) mass is 279 g/mol. The minimum Gasteiger partial charge on any atom is -0.390 e. The Hall–Kier alpha value is -0.980. The van der Waals surface area contributed by atoms with Crippen LogP contribution < -0.4 is 5.48 Å². The van der Waals surface area contributed by atoms with Crippen LogP contribution in [0.3, 0.4) is 0 Å². The van der Waals surface area contributed by atoms with Crippen molar-refractivity contribution in [3.8, 4) is 0 Å². The first-order valence-electron chi connectivity index (χ1n) is 7.00. The van der Waals surface area contributed by atoms with Crippen LogP contribution in [0.25, 0.3) is 0 Å². The van der Waals surface area contributed by atoms with E-state index in [1.165, 1.54) is 0 Å². The van der Waals surface area contributed by atoms with E-state index in [9.17, 15) is 5.11 Å². The van der Waals surface area contributed by atoms with Gasteiger partial charge in [0.2, 0.25) is 0 Å². The van der Waals surface area contributed by atoms with Crippen LogP contribution in [0.4, 0.5) is 0 Å². The first kappa shape index (κ1) is 14.0. The topological polar surface area (TPSA) is 60.0 Å². The molecule has 1 aliphatic carbocycles. The van der Waals surface area contributed by atoms with E-state index in [4.69, 9.17) is 14.3 Å². The van der Waals surface area contributed by atoms with Crippen molar-refractivity contribution < 1.29 is 19.4 Å². The van der Waals surface area contributed by atoms with Gasteiger partial charge in [-0.05, 0) is 25.8 Å². The van der Waals surface area contributed by atoms with Crippen molar-refractivity contribution >= 4 is 0 Å². The van der Waals surface area contributed by atoms with Gasteiger partial charge in [-0.3, -0.25) is 4.84 Å². The van der Waals surface area contributed by atoms with E-state index in [2.05, 4.69) is 5.48 Å². The summed E-state index contributed by atoms with van der Waals surface area (Å²) in [5.74, 6) is -0.643. The van der Waals surface area contributed by atoms with Gasteiger partial charge in [-0.25, -0.2) is 0 Å². The van der Waals surface area contributed by atoms with Gasteiger partial charge >= 0.3 is 0 Å². The second-order valence-corrected chi connectivity index (χ2v) is 5.87. The van der Waals surface area contributed by atoms with Crippen LogP contribution in [0.2, 0.25) is 0 Å². The largest absolute Gasteiger partial charge is 0.390 e. The Bertz CT molecular complexity index is 450. The quantitative estimate of drug-likeness (QED) is 0.815. The third-order valence-electron chi connectivity index (χ3n) is 3.75. The van der Waals surface area contributed by atoms with E-state index < -0.39 is 11.9 Å². The predicted molar refractivity (Wildman–Crippen MR) is 72.6 cm³/mol. The summed E-state index contributed by atoms with van der Waals surface area (Å²) in [6.45, 7) is 4.20. The first-order valence-corrected chi connectivity index (χ1v) is 7.00. The molecular formula is C15H21NO4. The average molecular weight is 279 g/mol. The van der Waals surface area contributed by atoms with Gasteiger partial charge in [0, 0.05) is 0 Å². The number of ether oxygens (including phenoxy) is 2. The van der Waals surface area contributed by atoms with E-state index in [-0.39, 0.29) is 18.2 Å². The molecule has 1 aromatic carbocycles. The van der Waals surface area contributed by atoms with Gasteiger partial charge in [0.15, 0.2) is 5.79 Å². The standard InChI is InChI=1S/C15H21NO4/c1-15(2)19-13-11(8-12(17)14(13)20-15)16-18-9-10-6-4-3-5-7-10/h3-7,11-14,16-17H,8-9H2,1-2H3/t11-,12+,13+,14-/m0/s1. The highest BCUT2D eigenvalue weighted by Crippen LogP contribution is 2.38. The van der Waals surface area contributed by atoms with Crippen LogP contribution in [0.1, 0.15) is 25.8 Å². The van der Waals surface area contributed by atoms with Crippen LogP contribution >= 0.6 is 0 Å². The SMILES string of the molecule is CC1(C)O[C@@H]2[C@H](O1)[C@@H](NOCc1ccccc1)C[C@H]2O. The third-order valence-corrected chi connectivity index (χ3v) is 3.75. The number of fused-ring (bicyclic) bond motifs is 1. The third kappa shape index (κ3) is 2.87. The van der Waals surface area contributed by atoms with E-state index in [1.54, 1.807) is 0 Å². The molecule has 20 heavy (non-hydrogen) atoms. The molecule has 0 spiro atoms. The van der Waals surface area contributed by atoms with Crippen molar-refractivity contribution in [2.75, 3.05) is 0 Å². The summed E-state index contributed by atoms with van der Waals surface area (Å²) in [5, 5.41) is 10.0. The number of hydrogen-bond acceptors (Lipinski definition) is 5. The summed E-state index contributed by atoms with van der Waals surface area (Å²) < 4.78 is 11.5. The molecule has 5 heteroatoms. The van der Waals surface area contributed by atoms with E-state index in [0.29, 0.717) is 13.0 Å². The van der Waals surface area contributed by atoms with E-state index in [0.717, 1.165) is 5.56 Å². The molecule has 5 nitrogen and oxygen atoms in total.